The number of piperidine rings is 1. The van der Waals surface area contributed by atoms with Gasteiger partial charge in [0.15, 0.2) is 5.96 Å². The molecule has 0 unspecified atom stereocenters. The molecule has 5 nitrogen and oxygen atoms in total. The predicted octanol–water partition coefficient (Wildman–Crippen LogP) is 4.61. The third-order valence-electron chi connectivity index (χ3n) is 6.87. The highest BCUT2D eigenvalue weighted by Crippen LogP contribution is 2.23. The molecule has 2 fully saturated rings. The van der Waals surface area contributed by atoms with Crippen LogP contribution in [0.4, 0.5) is 0 Å². The number of rotatable bonds is 8. The minimum Gasteiger partial charge on any atom is -0.354 e. The van der Waals surface area contributed by atoms with Crippen molar-refractivity contribution in [1.82, 2.24) is 20.4 Å². The lowest BCUT2D eigenvalue weighted by Gasteiger charge is -2.33. The molecule has 1 aromatic carbocycles. The normalized spacial score (nSPS) is 19.3. The van der Waals surface area contributed by atoms with Gasteiger partial charge in [0.25, 0.3) is 0 Å². The van der Waals surface area contributed by atoms with Crippen molar-refractivity contribution < 1.29 is 0 Å². The van der Waals surface area contributed by atoms with Crippen LogP contribution in [0.15, 0.2) is 29.3 Å². The van der Waals surface area contributed by atoms with Crippen LogP contribution in [0.25, 0.3) is 0 Å². The lowest BCUT2D eigenvalue weighted by Crippen LogP contribution is -2.48. The summed E-state index contributed by atoms with van der Waals surface area (Å²) in [6, 6.07) is 10.1. The van der Waals surface area contributed by atoms with Gasteiger partial charge in [-0.2, -0.15) is 0 Å². The zero-order valence-electron chi connectivity index (χ0n) is 19.9. The first-order valence-corrected chi connectivity index (χ1v) is 12.2. The van der Waals surface area contributed by atoms with Gasteiger partial charge >= 0.3 is 0 Å². The third-order valence-corrected chi connectivity index (χ3v) is 6.87. The van der Waals surface area contributed by atoms with E-state index in [-0.39, 0.29) is 24.0 Å². The number of aliphatic imine (C=N–C) groups is 1. The molecule has 176 valence electrons. The van der Waals surface area contributed by atoms with E-state index in [1.807, 2.05) is 7.05 Å². The average molecular weight is 542 g/mol. The van der Waals surface area contributed by atoms with Gasteiger partial charge in [-0.15, -0.1) is 24.0 Å². The van der Waals surface area contributed by atoms with Crippen LogP contribution in [0.3, 0.4) is 0 Å². The monoisotopic (exact) mass is 541 g/mol. The summed E-state index contributed by atoms with van der Waals surface area (Å²) in [6.45, 7) is 7.73. The second kappa shape index (κ2) is 14.3. The summed E-state index contributed by atoms with van der Waals surface area (Å²) in [5, 5.41) is 7.22. The Balaban J connectivity index is 0.00000341. The van der Waals surface area contributed by atoms with Gasteiger partial charge in [0.2, 0.25) is 0 Å². The Morgan fingerprint density at radius 1 is 1.06 bits per heavy atom. The van der Waals surface area contributed by atoms with Crippen molar-refractivity contribution in [3.63, 3.8) is 0 Å². The first kappa shape index (κ1) is 26.4. The van der Waals surface area contributed by atoms with Crippen molar-refractivity contribution >= 4 is 29.9 Å². The maximum absolute atomic E-state index is 4.49. The van der Waals surface area contributed by atoms with E-state index < -0.39 is 0 Å². The van der Waals surface area contributed by atoms with Crippen molar-refractivity contribution in [2.45, 2.75) is 83.5 Å². The van der Waals surface area contributed by atoms with Crippen molar-refractivity contribution in [3.05, 3.63) is 35.4 Å². The molecule has 0 aromatic heterocycles. The second-order valence-corrected chi connectivity index (χ2v) is 9.16. The molecule has 0 spiro atoms. The molecule has 6 heteroatoms. The molecule has 1 aromatic rings. The summed E-state index contributed by atoms with van der Waals surface area (Å²) in [4.78, 5) is 9.63. The van der Waals surface area contributed by atoms with Gasteiger partial charge in [0.1, 0.15) is 0 Å². The van der Waals surface area contributed by atoms with E-state index in [2.05, 4.69) is 63.7 Å². The van der Waals surface area contributed by atoms with Gasteiger partial charge in [0, 0.05) is 45.3 Å². The highest BCUT2D eigenvalue weighted by Gasteiger charge is 2.20. The molecule has 3 rings (SSSR count). The lowest BCUT2D eigenvalue weighted by molar-refractivity contribution is 0.184. The van der Waals surface area contributed by atoms with Crippen LogP contribution in [0.5, 0.6) is 0 Å². The van der Waals surface area contributed by atoms with Crippen LogP contribution in [0, 0.1) is 0 Å². The minimum absolute atomic E-state index is 0. The van der Waals surface area contributed by atoms with E-state index >= 15 is 0 Å². The van der Waals surface area contributed by atoms with Crippen LogP contribution in [-0.4, -0.2) is 61.6 Å². The van der Waals surface area contributed by atoms with Crippen molar-refractivity contribution in [2.24, 2.45) is 4.99 Å². The van der Waals surface area contributed by atoms with Crippen LogP contribution >= 0.6 is 24.0 Å². The fourth-order valence-electron chi connectivity index (χ4n) is 4.99. The van der Waals surface area contributed by atoms with Crippen LogP contribution < -0.4 is 10.6 Å². The Bertz CT molecular complexity index is 651. The second-order valence-electron chi connectivity index (χ2n) is 9.16. The van der Waals surface area contributed by atoms with Gasteiger partial charge in [-0.3, -0.25) is 9.89 Å². The standard InChI is InChI=1S/C25H43N5.HI/c1-4-16-30-17-14-23(15-18-30)28-25(26-2)27-19-21-10-8-9-11-22(21)20-29(3)24-12-6-5-7-13-24;/h8-11,23-24H,4-7,12-20H2,1-3H3,(H2,26,27,28);1H. The van der Waals surface area contributed by atoms with Crippen LogP contribution in [-0.2, 0) is 13.1 Å². The molecule has 0 radical (unpaired) electrons. The van der Waals surface area contributed by atoms with E-state index in [1.165, 1.54) is 82.1 Å². The Kier molecular flexibility index (Phi) is 12.2. The molecule has 0 atom stereocenters. The van der Waals surface area contributed by atoms with E-state index in [0.29, 0.717) is 6.04 Å². The number of hydrogen-bond donors (Lipinski definition) is 2. The van der Waals surface area contributed by atoms with Crippen molar-refractivity contribution in [1.29, 1.82) is 0 Å². The zero-order chi connectivity index (χ0) is 21.2. The summed E-state index contributed by atoms with van der Waals surface area (Å²) in [6.07, 6.45) is 10.5. The predicted molar refractivity (Wildman–Crippen MR) is 143 cm³/mol. The molecule has 1 heterocycles. The first-order valence-electron chi connectivity index (χ1n) is 12.2. The SMILES string of the molecule is CCCN1CCC(NC(=NC)NCc2ccccc2CN(C)C2CCCCC2)CC1.I. The molecular formula is C25H44IN5. The van der Waals surface area contributed by atoms with Gasteiger partial charge in [-0.05, 0) is 56.8 Å². The quantitative estimate of drug-likeness (QED) is 0.287. The number of halogens is 1. The van der Waals surface area contributed by atoms with Crippen molar-refractivity contribution in [2.75, 3.05) is 33.7 Å². The molecule has 1 aliphatic heterocycles. The van der Waals surface area contributed by atoms with Gasteiger partial charge in [-0.1, -0.05) is 50.5 Å². The fourth-order valence-corrected chi connectivity index (χ4v) is 4.99. The summed E-state index contributed by atoms with van der Waals surface area (Å²) < 4.78 is 0. The Morgan fingerprint density at radius 2 is 1.74 bits per heavy atom. The van der Waals surface area contributed by atoms with E-state index in [4.69, 9.17) is 0 Å². The average Bonchev–Trinajstić information content (AvgIpc) is 2.79. The number of hydrogen-bond acceptors (Lipinski definition) is 3. The van der Waals surface area contributed by atoms with Crippen molar-refractivity contribution in [3.8, 4) is 0 Å². The minimum atomic E-state index is 0. The molecule has 2 N–H and O–H groups in total. The van der Waals surface area contributed by atoms with E-state index in [9.17, 15) is 0 Å². The largest absolute Gasteiger partial charge is 0.354 e. The molecular weight excluding hydrogens is 497 g/mol. The van der Waals surface area contributed by atoms with Crippen LogP contribution in [0.2, 0.25) is 0 Å². The summed E-state index contributed by atoms with van der Waals surface area (Å²) in [5.41, 5.74) is 2.81. The number of likely N-dealkylation sites (tertiary alicyclic amines) is 1. The lowest BCUT2D eigenvalue weighted by atomic mass is 9.94. The molecule has 1 saturated heterocycles. The van der Waals surface area contributed by atoms with E-state index in [0.717, 1.165) is 25.1 Å². The Morgan fingerprint density at radius 3 is 2.39 bits per heavy atom. The Hall–Kier alpha value is -0.860. The smallest absolute Gasteiger partial charge is 0.191 e. The number of guanidine groups is 1. The maximum atomic E-state index is 4.49. The molecule has 31 heavy (non-hydrogen) atoms. The maximum Gasteiger partial charge on any atom is 0.191 e. The molecule has 0 amide bonds. The first-order chi connectivity index (χ1) is 14.7. The highest BCUT2D eigenvalue weighted by molar-refractivity contribution is 14.0. The molecule has 1 saturated carbocycles. The molecule has 0 bridgehead atoms. The van der Waals surface area contributed by atoms with E-state index in [1.54, 1.807) is 0 Å². The molecule has 2 aliphatic rings. The number of nitrogens with one attached hydrogen (secondary N) is 2. The summed E-state index contributed by atoms with van der Waals surface area (Å²) >= 11 is 0. The number of benzene rings is 1. The fraction of sp³-hybridized carbons (Fsp3) is 0.720. The van der Waals surface area contributed by atoms with Gasteiger partial charge in [-0.25, -0.2) is 0 Å². The zero-order valence-corrected chi connectivity index (χ0v) is 22.2. The third kappa shape index (κ3) is 8.54. The summed E-state index contributed by atoms with van der Waals surface area (Å²) in [7, 11) is 4.18. The van der Waals surface area contributed by atoms with Crippen LogP contribution in [0.1, 0.15) is 69.4 Å². The highest BCUT2D eigenvalue weighted by atomic mass is 127. The number of nitrogens with zero attached hydrogens (tertiary/aromatic N) is 3. The summed E-state index contributed by atoms with van der Waals surface area (Å²) in [5.74, 6) is 0.930. The van der Waals surface area contributed by atoms with Gasteiger partial charge in [0.05, 0.1) is 0 Å². The topological polar surface area (TPSA) is 42.9 Å². The van der Waals surface area contributed by atoms with Gasteiger partial charge < -0.3 is 15.5 Å². The molecule has 1 aliphatic carbocycles. The Labute approximate surface area is 207 Å².